The second-order valence-electron chi connectivity index (χ2n) is 8.78. The minimum Gasteiger partial charge on any atom is -0.0656 e. The molecule has 0 rings (SSSR count). The second-order valence-corrected chi connectivity index (χ2v) is 8.78. The first-order chi connectivity index (χ1) is 12.5. The lowest BCUT2D eigenvalue weighted by atomic mass is 10.1. The molecule has 0 heteroatoms. The van der Waals surface area contributed by atoms with Crippen LogP contribution in [0, 0.1) is 17.8 Å². The van der Waals surface area contributed by atoms with Gasteiger partial charge in [-0.05, 0) is 17.8 Å². The molecule has 0 heterocycles. The Hall–Kier alpha value is 0. The van der Waals surface area contributed by atoms with Gasteiger partial charge < -0.3 is 0 Å². The molecule has 0 aliphatic heterocycles. The Morgan fingerprint density at radius 2 is 0.704 bits per heavy atom. The van der Waals surface area contributed by atoms with Crippen LogP contribution >= 0.6 is 0 Å². The SMILES string of the molecule is CC(C)C.CCC.CCC(C)C.CCCC.CCCC(C)C.CCCCC. The van der Waals surface area contributed by atoms with E-state index in [1.54, 1.807) is 0 Å². The van der Waals surface area contributed by atoms with E-state index in [0.29, 0.717) is 0 Å². The van der Waals surface area contributed by atoms with Crippen LogP contribution in [0.3, 0.4) is 0 Å². The lowest BCUT2D eigenvalue weighted by Gasteiger charge is -1.95. The molecule has 0 unspecified atom stereocenters. The van der Waals surface area contributed by atoms with Crippen LogP contribution in [0.15, 0.2) is 0 Å². The summed E-state index contributed by atoms with van der Waals surface area (Å²) in [6, 6.07) is 0. The fourth-order valence-corrected chi connectivity index (χ4v) is 0.931. The first-order valence-electron chi connectivity index (χ1n) is 12.5. The van der Waals surface area contributed by atoms with E-state index in [4.69, 9.17) is 0 Å². The third kappa shape index (κ3) is 234. The maximum absolute atomic E-state index is 2.25. The first-order valence-corrected chi connectivity index (χ1v) is 12.5. The van der Waals surface area contributed by atoms with Gasteiger partial charge in [0.05, 0.1) is 0 Å². The van der Waals surface area contributed by atoms with Gasteiger partial charge in [0.1, 0.15) is 0 Å². The van der Waals surface area contributed by atoms with E-state index in [-0.39, 0.29) is 0 Å². The predicted molar refractivity (Wildman–Crippen MR) is 137 cm³/mol. The summed E-state index contributed by atoms with van der Waals surface area (Å²) in [6.45, 7) is 32.9. The van der Waals surface area contributed by atoms with Crippen LogP contribution < -0.4 is 0 Å². The Morgan fingerprint density at radius 3 is 0.704 bits per heavy atom. The van der Waals surface area contributed by atoms with E-state index in [1.165, 1.54) is 57.8 Å². The van der Waals surface area contributed by atoms with Gasteiger partial charge in [0.15, 0.2) is 0 Å². The Balaban J connectivity index is -0.0000000497. The maximum atomic E-state index is 2.25. The van der Waals surface area contributed by atoms with Crippen LogP contribution in [0.1, 0.15) is 162 Å². The molecule has 0 saturated heterocycles. The normalized spacial score (nSPS) is 8.67. The summed E-state index contributed by atoms with van der Waals surface area (Å²) in [7, 11) is 0. The van der Waals surface area contributed by atoms with Crippen molar-refractivity contribution in [3.8, 4) is 0 Å². The molecule has 0 atom stereocenters. The minimum atomic E-state index is 0.833. The van der Waals surface area contributed by atoms with Gasteiger partial charge in [-0.2, -0.15) is 0 Å². The Labute approximate surface area is 179 Å². The zero-order valence-corrected chi connectivity index (χ0v) is 23.1. The Morgan fingerprint density at radius 1 is 0.444 bits per heavy atom. The molecule has 0 aromatic rings. The van der Waals surface area contributed by atoms with Crippen molar-refractivity contribution in [2.24, 2.45) is 17.8 Å². The monoisotopic (exact) mass is 391 g/mol. The molecular weight excluding hydrogens is 324 g/mol. The van der Waals surface area contributed by atoms with Gasteiger partial charge in [0, 0.05) is 0 Å². The molecule has 0 saturated carbocycles. The molecule has 0 N–H and O–H groups in total. The molecule has 174 valence electrons. The fourth-order valence-electron chi connectivity index (χ4n) is 0.931. The maximum Gasteiger partial charge on any atom is -0.0471 e. The van der Waals surface area contributed by atoms with Gasteiger partial charge in [0.25, 0.3) is 0 Å². The lowest BCUT2D eigenvalue weighted by Crippen LogP contribution is -1.81. The van der Waals surface area contributed by atoms with Crippen LogP contribution in [0.5, 0.6) is 0 Å². The van der Waals surface area contributed by atoms with Crippen LogP contribution in [-0.4, -0.2) is 0 Å². The molecule has 0 aliphatic carbocycles. The molecule has 0 aromatic heterocycles. The third-order valence-electron chi connectivity index (χ3n) is 2.89. The smallest absolute Gasteiger partial charge is 0.0471 e. The predicted octanol–water partition coefficient (Wildman–Crippen LogP) is 11.6. The van der Waals surface area contributed by atoms with Crippen LogP contribution in [-0.2, 0) is 0 Å². The summed E-state index contributed by atoms with van der Waals surface area (Å²) in [5.74, 6) is 2.62. The van der Waals surface area contributed by atoms with Crippen molar-refractivity contribution in [2.45, 2.75) is 162 Å². The molecule has 0 fully saturated rings. The molecule has 0 aliphatic rings. The van der Waals surface area contributed by atoms with E-state index in [1.807, 2.05) is 0 Å². The number of rotatable bonds is 6. The average Bonchev–Trinajstić information content (AvgIpc) is 2.57. The highest BCUT2D eigenvalue weighted by molar-refractivity contribution is 4.38. The van der Waals surface area contributed by atoms with E-state index >= 15 is 0 Å². The van der Waals surface area contributed by atoms with Gasteiger partial charge in [-0.25, -0.2) is 0 Å². The number of hydrogen-bond donors (Lipinski definition) is 0. The van der Waals surface area contributed by atoms with E-state index in [2.05, 4.69) is 104 Å². The highest BCUT2D eigenvalue weighted by Crippen LogP contribution is 2.00. The topological polar surface area (TPSA) is 0 Å². The Bertz CT molecular complexity index is 137. The van der Waals surface area contributed by atoms with Crippen molar-refractivity contribution in [3.63, 3.8) is 0 Å². The van der Waals surface area contributed by atoms with E-state index in [0.717, 1.165) is 17.8 Å². The molecule has 0 radical (unpaired) electrons. The summed E-state index contributed by atoms with van der Waals surface area (Å²) in [6.07, 6.45) is 12.0. The van der Waals surface area contributed by atoms with Gasteiger partial charge in [0.2, 0.25) is 0 Å². The molecule has 0 aromatic carbocycles. The fraction of sp³-hybridized carbons (Fsp3) is 1.00. The van der Waals surface area contributed by atoms with Crippen molar-refractivity contribution in [1.29, 1.82) is 0 Å². The van der Waals surface area contributed by atoms with Crippen molar-refractivity contribution in [2.75, 3.05) is 0 Å². The molecule has 0 spiro atoms. The van der Waals surface area contributed by atoms with Crippen LogP contribution in [0.25, 0.3) is 0 Å². The summed E-state index contributed by atoms with van der Waals surface area (Å²) >= 11 is 0. The first kappa shape index (κ1) is 41.4. The van der Waals surface area contributed by atoms with Crippen molar-refractivity contribution in [1.82, 2.24) is 0 Å². The minimum absolute atomic E-state index is 0.833. The molecule has 0 nitrogen and oxygen atoms in total. The zero-order valence-electron chi connectivity index (χ0n) is 23.1. The van der Waals surface area contributed by atoms with E-state index < -0.39 is 0 Å². The van der Waals surface area contributed by atoms with Gasteiger partial charge in [-0.1, -0.05) is 162 Å². The van der Waals surface area contributed by atoms with Crippen molar-refractivity contribution < 1.29 is 0 Å². The highest BCUT2D eigenvalue weighted by Gasteiger charge is 1.85. The average molecular weight is 391 g/mol. The molecule has 0 bridgehead atoms. The van der Waals surface area contributed by atoms with Crippen molar-refractivity contribution >= 4 is 0 Å². The lowest BCUT2D eigenvalue weighted by molar-refractivity contribution is 0.576. The second kappa shape index (κ2) is 50.2. The van der Waals surface area contributed by atoms with Crippen molar-refractivity contribution in [3.05, 3.63) is 0 Å². The van der Waals surface area contributed by atoms with Crippen LogP contribution in [0.4, 0.5) is 0 Å². The van der Waals surface area contributed by atoms with E-state index in [9.17, 15) is 0 Å². The molecule has 27 heavy (non-hydrogen) atoms. The quantitative estimate of drug-likeness (QED) is 0.423. The molecular formula is C27H66. The third-order valence-corrected chi connectivity index (χ3v) is 2.89. The van der Waals surface area contributed by atoms with Gasteiger partial charge in [-0.3, -0.25) is 0 Å². The summed E-state index contributed by atoms with van der Waals surface area (Å²) in [5, 5.41) is 0. The van der Waals surface area contributed by atoms with Gasteiger partial charge in [-0.15, -0.1) is 0 Å². The van der Waals surface area contributed by atoms with Crippen LogP contribution in [0.2, 0.25) is 0 Å². The summed E-state index contributed by atoms with van der Waals surface area (Å²) < 4.78 is 0. The zero-order chi connectivity index (χ0) is 23.1. The number of unbranched alkanes of at least 4 members (excludes halogenated alkanes) is 3. The van der Waals surface area contributed by atoms with Gasteiger partial charge >= 0.3 is 0 Å². The largest absolute Gasteiger partial charge is 0.0656 e. The standard InChI is InChI=1S/C6H14.2C5H12.2C4H10.C3H8/c1-4-5-6(2)3;1-4-5(2)3;1-3-5-4-2;1-4(2)3;1-3-4-2;1-3-2/h6H,4-5H2,1-3H3;5H,4H2,1-3H3;3-5H2,1-2H3;4H,1-3H3;3-4H2,1-2H3;3H2,1-2H3. The summed E-state index contributed by atoms with van der Waals surface area (Å²) in [4.78, 5) is 0. The Kier molecular flexibility index (Phi) is 76.9. The highest BCUT2D eigenvalue weighted by atomic mass is 13.9. The number of hydrogen-bond acceptors (Lipinski definition) is 0. The summed E-state index contributed by atoms with van der Waals surface area (Å²) in [5.41, 5.74) is 0. The molecule has 0 amide bonds.